The maximum atomic E-state index is 5.99. The number of anilines is 1. The first kappa shape index (κ1) is 11.7. The quantitative estimate of drug-likeness (QED) is 0.867. The summed E-state index contributed by atoms with van der Waals surface area (Å²) in [5.41, 5.74) is 0.710. The van der Waals surface area contributed by atoms with Crippen LogP contribution in [-0.2, 0) is 0 Å². The zero-order valence-corrected chi connectivity index (χ0v) is 11.1. The third-order valence-corrected chi connectivity index (χ3v) is 3.81. The van der Waals surface area contributed by atoms with Crippen molar-refractivity contribution in [3.05, 3.63) is 11.5 Å². The summed E-state index contributed by atoms with van der Waals surface area (Å²) in [6.07, 6.45) is 6.84. The van der Waals surface area contributed by atoms with Crippen LogP contribution in [0.5, 0.6) is 0 Å². The maximum absolute atomic E-state index is 5.99. The third kappa shape index (κ3) is 1.92. The molecule has 1 aliphatic carbocycles. The van der Waals surface area contributed by atoms with E-state index in [-0.39, 0.29) is 5.28 Å². The molecular formula is C12H16ClN5. The Morgan fingerprint density at radius 2 is 2.17 bits per heavy atom. The summed E-state index contributed by atoms with van der Waals surface area (Å²) in [4.78, 5) is 10.9. The number of nitrogens with zero attached hydrogens (tertiary/aromatic N) is 4. The fourth-order valence-corrected chi connectivity index (χ4v) is 2.97. The minimum atomic E-state index is 0.276. The van der Waals surface area contributed by atoms with Gasteiger partial charge in [0.1, 0.15) is 5.82 Å². The first-order chi connectivity index (χ1) is 8.79. The van der Waals surface area contributed by atoms with E-state index in [0.29, 0.717) is 11.7 Å². The number of hydrogen-bond donors (Lipinski definition) is 1. The van der Waals surface area contributed by atoms with Gasteiger partial charge in [0.15, 0.2) is 5.65 Å². The largest absolute Gasteiger partial charge is 0.353 e. The van der Waals surface area contributed by atoms with Crippen LogP contribution in [0.4, 0.5) is 5.82 Å². The Morgan fingerprint density at radius 3 is 2.89 bits per heavy atom. The number of H-pyrrole nitrogens is 1. The van der Waals surface area contributed by atoms with Crippen LogP contribution < -0.4 is 4.90 Å². The smallest absolute Gasteiger partial charge is 0.226 e. The Hall–Kier alpha value is -1.36. The molecule has 0 spiro atoms. The normalized spacial score (nSPS) is 16.6. The minimum Gasteiger partial charge on any atom is -0.353 e. The second kappa shape index (κ2) is 4.72. The molecule has 6 heteroatoms. The second-order valence-electron chi connectivity index (χ2n) is 4.67. The van der Waals surface area contributed by atoms with E-state index in [2.05, 4.69) is 32.0 Å². The van der Waals surface area contributed by atoms with Crippen LogP contribution in [0.3, 0.4) is 0 Å². The Kier molecular flexibility index (Phi) is 3.07. The van der Waals surface area contributed by atoms with E-state index >= 15 is 0 Å². The lowest BCUT2D eigenvalue weighted by molar-refractivity contribution is 0.615. The van der Waals surface area contributed by atoms with Crippen LogP contribution in [0, 0.1) is 0 Å². The molecular weight excluding hydrogens is 250 g/mol. The second-order valence-corrected chi connectivity index (χ2v) is 5.01. The molecule has 0 radical (unpaired) electrons. The highest BCUT2D eigenvalue weighted by Crippen LogP contribution is 2.31. The van der Waals surface area contributed by atoms with Crippen LogP contribution >= 0.6 is 11.6 Å². The molecule has 96 valence electrons. The fourth-order valence-electron chi connectivity index (χ4n) is 2.81. The molecule has 0 bridgehead atoms. The average Bonchev–Trinajstić information content (AvgIpc) is 2.99. The Bertz CT molecular complexity index is 546. The fraction of sp³-hybridized carbons (Fsp3) is 0.583. The molecule has 1 fully saturated rings. The van der Waals surface area contributed by atoms with Crippen molar-refractivity contribution >= 4 is 28.5 Å². The topological polar surface area (TPSA) is 57.7 Å². The standard InChI is InChI=1S/C12H16ClN5/c1-2-18(8-5-3-4-6-8)11-9-7-14-17-10(9)15-12(13)16-11/h7-8H,2-6H2,1H3,(H,14,15,16,17). The number of rotatable bonds is 3. The lowest BCUT2D eigenvalue weighted by atomic mass is 10.2. The summed E-state index contributed by atoms with van der Waals surface area (Å²) in [6.45, 7) is 3.08. The Labute approximate surface area is 111 Å². The van der Waals surface area contributed by atoms with Crippen molar-refractivity contribution in [1.82, 2.24) is 20.2 Å². The van der Waals surface area contributed by atoms with Crippen molar-refractivity contribution in [2.24, 2.45) is 0 Å². The van der Waals surface area contributed by atoms with E-state index in [9.17, 15) is 0 Å². The first-order valence-corrected chi connectivity index (χ1v) is 6.80. The molecule has 1 aliphatic rings. The SMILES string of the molecule is CCN(c1nc(Cl)nc2[nH]ncc12)C1CCCC1. The van der Waals surface area contributed by atoms with Gasteiger partial charge in [0.2, 0.25) is 5.28 Å². The summed E-state index contributed by atoms with van der Waals surface area (Å²) in [5, 5.41) is 8.12. The van der Waals surface area contributed by atoms with Crippen molar-refractivity contribution in [2.45, 2.75) is 38.6 Å². The lowest BCUT2D eigenvalue weighted by Gasteiger charge is -2.29. The van der Waals surface area contributed by atoms with Crippen LogP contribution in [0.2, 0.25) is 5.28 Å². The number of aromatic amines is 1. The third-order valence-electron chi connectivity index (χ3n) is 3.64. The molecule has 3 rings (SSSR count). The van der Waals surface area contributed by atoms with Gasteiger partial charge < -0.3 is 4.90 Å². The molecule has 2 aromatic rings. The van der Waals surface area contributed by atoms with Crippen LogP contribution in [0.15, 0.2) is 6.20 Å². The minimum absolute atomic E-state index is 0.276. The van der Waals surface area contributed by atoms with E-state index < -0.39 is 0 Å². The van der Waals surface area contributed by atoms with Gasteiger partial charge in [-0.25, -0.2) is 0 Å². The van der Waals surface area contributed by atoms with Crippen molar-refractivity contribution in [2.75, 3.05) is 11.4 Å². The monoisotopic (exact) mass is 265 g/mol. The zero-order chi connectivity index (χ0) is 12.5. The van der Waals surface area contributed by atoms with Crippen LogP contribution in [0.1, 0.15) is 32.6 Å². The van der Waals surface area contributed by atoms with Crippen molar-refractivity contribution in [3.63, 3.8) is 0 Å². The number of aromatic nitrogens is 4. The van der Waals surface area contributed by atoms with Gasteiger partial charge in [-0.2, -0.15) is 15.1 Å². The van der Waals surface area contributed by atoms with Crippen molar-refractivity contribution < 1.29 is 0 Å². The van der Waals surface area contributed by atoms with Gasteiger partial charge in [-0.15, -0.1) is 0 Å². The molecule has 1 saturated carbocycles. The number of halogens is 1. The highest BCUT2D eigenvalue weighted by atomic mass is 35.5. The van der Waals surface area contributed by atoms with Crippen LogP contribution in [-0.4, -0.2) is 32.8 Å². The molecule has 5 nitrogen and oxygen atoms in total. The van der Waals surface area contributed by atoms with Gasteiger partial charge in [-0.05, 0) is 31.4 Å². The number of nitrogens with one attached hydrogen (secondary N) is 1. The van der Waals surface area contributed by atoms with Crippen molar-refractivity contribution in [1.29, 1.82) is 0 Å². The molecule has 2 heterocycles. The Balaban J connectivity index is 2.07. The van der Waals surface area contributed by atoms with Gasteiger partial charge in [0.05, 0.1) is 11.6 Å². The van der Waals surface area contributed by atoms with Gasteiger partial charge in [0.25, 0.3) is 0 Å². The molecule has 0 atom stereocenters. The lowest BCUT2D eigenvalue weighted by Crippen LogP contribution is -2.33. The van der Waals surface area contributed by atoms with E-state index in [1.165, 1.54) is 25.7 Å². The highest BCUT2D eigenvalue weighted by Gasteiger charge is 2.24. The van der Waals surface area contributed by atoms with E-state index in [0.717, 1.165) is 17.7 Å². The highest BCUT2D eigenvalue weighted by molar-refractivity contribution is 6.28. The summed E-state index contributed by atoms with van der Waals surface area (Å²) in [7, 11) is 0. The molecule has 0 unspecified atom stereocenters. The maximum Gasteiger partial charge on any atom is 0.226 e. The van der Waals surface area contributed by atoms with Gasteiger partial charge in [-0.1, -0.05) is 12.8 Å². The number of hydrogen-bond acceptors (Lipinski definition) is 4. The number of fused-ring (bicyclic) bond motifs is 1. The molecule has 0 saturated heterocycles. The predicted octanol–water partition coefficient (Wildman–Crippen LogP) is 2.78. The summed E-state index contributed by atoms with van der Waals surface area (Å²) in [5.74, 6) is 0.910. The predicted molar refractivity (Wildman–Crippen MR) is 72.0 cm³/mol. The molecule has 0 amide bonds. The van der Waals surface area contributed by atoms with Crippen molar-refractivity contribution in [3.8, 4) is 0 Å². The molecule has 0 aliphatic heterocycles. The summed E-state index contributed by atoms with van der Waals surface area (Å²) >= 11 is 5.99. The van der Waals surface area contributed by atoms with E-state index in [4.69, 9.17) is 11.6 Å². The summed E-state index contributed by atoms with van der Waals surface area (Å²) < 4.78 is 0. The molecule has 18 heavy (non-hydrogen) atoms. The molecule has 0 aromatic carbocycles. The first-order valence-electron chi connectivity index (χ1n) is 6.43. The molecule has 1 N–H and O–H groups in total. The average molecular weight is 266 g/mol. The zero-order valence-electron chi connectivity index (χ0n) is 10.4. The summed E-state index contributed by atoms with van der Waals surface area (Å²) in [6, 6.07) is 0.569. The van der Waals surface area contributed by atoms with Crippen LogP contribution in [0.25, 0.3) is 11.0 Å². The van der Waals surface area contributed by atoms with Gasteiger partial charge in [-0.3, -0.25) is 5.10 Å². The van der Waals surface area contributed by atoms with Gasteiger partial charge >= 0.3 is 0 Å². The van der Waals surface area contributed by atoms with Gasteiger partial charge in [0, 0.05) is 12.6 Å². The van der Waals surface area contributed by atoms with E-state index in [1.807, 2.05) is 0 Å². The molecule has 2 aromatic heterocycles. The Morgan fingerprint density at radius 1 is 1.39 bits per heavy atom. The van der Waals surface area contributed by atoms with E-state index in [1.54, 1.807) is 6.20 Å².